The van der Waals surface area contributed by atoms with E-state index in [2.05, 4.69) is 15.9 Å². The molecule has 1 aromatic carbocycles. The zero-order valence-electron chi connectivity index (χ0n) is 11.8. The number of hydrogen-bond donors (Lipinski definition) is 0. The van der Waals surface area contributed by atoms with Crippen LogP contribution in [0.1, 0.15) is 18.4 Å². The van der Waals surface area contributed by atoms with Crippen LogP contribution in [0, 0.1) is 0 Å². The van der Waals surface area contributed by atoms with Gasteiger partial charge in [-0.05, 0) is 34.1 Å². The summed E-state index contributed by atoms with van der Waals surface area (Å²) in [6.07, 6.45) is -5.38. The molecule has 1 aromatic rings. The van der Waals surface area contributed by atoms with Crippen LogP contribution in [0.15, 0.2) is 22.7 Å². The third kappa shape index (κ3) is 4.79. The number of halogens is 6. The van der Waals surface area contributed by atoms with E-state index in [1.807, 2.05) is 0 Å². The number of ether oxygens (including phenoxy) is 1. The van der Waals surface area contributed by atoms with Crippen LogP contribution < -0.4 is 4.74 Å². The monoisotopic (exact) mass is 401 g/mol. The van der Waals surface area contributed by atoms with Gasteiger partial charge in [0.05, 0.1) is 10.0 Å². The topological polar surface area (TPSA) is 29.5 Å². The summed E-state index contributed by atoms with van der Waals surface area (Å²) in [4.78, 5) is 13.1. The molecular weight excluding hydrogens is 389 g/mol. The molecule has 3 nitrogen and oxygen atoms in total. The largest absolute Gasteiger partial charge is 0.483 e. The quantitative estimate of drug-likeness (QED) is 0.713. The number of piperidine rings is 1. The molecule has 128 valence electrons. The van der Waals surface area contributed by atoms with E-state index in [0.717, 1.165) is 12.1 Å². The van der Waals surface area contributed by atoms with Gasteiger partial charge in [0.15, 0.2) is 6.61 Å². The lowest BCUT2D eigenvalue weighted by Crippen LogP contribution is -2.44. The van der Waals surface area contributed by atoms with Gasteiger partial charge in [-0.25, -0.2) is 8.78 Å². The molecule has 2 rings (SSSR count). The summed E-state index contributed by atoms with van der Waals surface area (Å²) in [5, 5.41) is 0. The zero-order chi connectivity index (χ0) is 17.3. The van der Waals surface area contributed by atoms with E-state index in [-0.39, 0.29) is 23.3 Å². The average Bonchev–Trinajstić information content (AvgIpc) is 2.44. The van der Waals surface area contributed by atoms with Gasteiger partial charge in [0.25, 0.3) is 11.8 Å². The van der Waals surface area contributed by atoms with Crippen LogP contribution in [0.4, 0.5) is 22.0 Å². The lowest BCUT2D eigenvalue weighted by Gasteiger charge is -2.31. The first-order valence-corrected chi connectivity index (χ1v) is 7.53. The van der Waals surface area contributed by atoms with Gasteiger partial charge in [0.1, 0.15) is 5.75 Å². The van der Waals surface area contributed by atoms with Crippen LogP contribution in [-0.4, -0.2) is 36.4 Å². The second kappa shape index (κ2) is 6.62. The number of nitrogens with zero attached hydrogens (tertiary/aromatic N) is 1. The standard InChI is InChI=1S/C14H13BrF5NO2/c15-10-2-1-9(14(18,19)20)7-11(10)23-8-12(22)21-5-3-13(16,17)4-6-21/h1-2,7H,3-6,8H2. The molecule has 0 aromatic heterocycles. The molecule has 9 heteroatoms. The Morgan fingerprint density at radius 1 is 1.26 bits per heavy atom. The Bertz CT molecular complexity index is 581. The maximum Gasteiger partial charge on any atom is 0.416 e. The summed E-state index contributed by atoms with van der Waals surface area (Å²) in [5.74, 6) is -3.44. The van der Waals surface area contributed by atoms with Gasteiger partial charge in [-0.15, -0.1) is 0 Å². The fourth-order valence-electron chi connectivity index (χ4n) is 2.10. The van der Waals surface area contributed by atoms with Crippen LogP contribution in [0.25, 0.3) is 0 Å². The van der Waals surface area contributed by atoms with Gasteiger partial charge in [0.2, 0.25) is 0 Å². The Hall–Kier alpha value is -1.38. The lowest BCUT2D eigenvalue weighted by molar-refractivity contribution is -0.139. The van der Waals surface area contributed by atoms with Crippen LogP contribution in [0.3, 0.4) is 0 Å². The molecule has 0 N–H and O–H groups in total. The van der Waals surface area contributed by atoms with Crippen LogP contribution >= 0.6 is 15.9 Å². The van der Waals surface area contributed by atoms with Gasteiger partial charge in [-0.1, -0.05) is 0 Å². The minimum atomic E-state index is -4.53. The van der Waals surface area contributed by atoms with Crippen molar-refractivity contribution in [1.82, 2.24) is 4.90 Å². The van der Waals surface area contributed by atoms with Crippen LogP contribution in [0.5, 0.6) is 5.75 Å². The van der Waals surface area contributed by atoms with Crippen molar-refractivity contribution in [3.8, 4) is 5.75 Å². The van der Waals surface area contributed by atoms with Gasteiger partial charge >= 0.3 is 6.18 Å². The highest BCUT2D eigenvalue weighted by Gasteiger charge is 2.35. The molecule has 0 spiro atoms. The Morgan fingerprint density at radius 3 is 2.43 bits per heavy atom. The molecule has 1 aliphatic heterocycles. The molecule has 0 unspecified atom stereocenters. The maximum atomic E-state index is 13.0. The molecule has 1 saturated heterocycles. The van der Waals surface area contributed by atoms with E-state index in [9.17, 15) is 26.7 Å². The maximum absolute atomic E-state index is 13.0. The number of carbonyl (C=O) groups is 1. The van der Waals surface area contributed by atoms with Crippen LogP contribution in [-0.2, 0) is 11.0 Å². The van der Waals surface area contributed by atoms with Crippen molar-refractivity contribution >= 4 is 21.8 Å². The number of alkyl halides is 5. The Morgan fingerprint density at radius 2 is 1.87 bits per heavy atom. The molecule has 1 amide bonds. The molecule has 0 atom stereocenters. The van der Waals surface area contributed by atoms with Gasteiger partial charge in [-0.3, -0.25) is 4.79 Å². The normalized spacial score (nSPS) is 17.9. The fourth-order valence-corrected chi connectivity index (χ4v) is 2.47. The Kier molecular flexibility index (Phi) is 5.17. The summed E-state index contributed by atoms with van der Waals surface area (Å²) < 4.78 is 69.4. The number of likely N-dealkylation sites (tertiary alicyclic amines) is 1. The number of amides is 1. The fraction of sp³-hybridized carbons (Fsp3) is 0.500. The summed E-state index contributed by atoms with van der Waals surface area (Å²) >= 11 is 3.04. The summed E-state index contributed by atoms with van der Waals surface area (Å²) in [5.41, 5.74) is -0.902. The lowest BCUT2D eigenvalue weighted by atomic mass is 10.1. The van der Waals surface area contributed by atoms with Crippen LogP contribution in [0.2, 0.25) is 0 Å². The van der Waals surface area contributed by atoms with Crippen molar-refractivity contribution in [2.75, 3.05) is 19.7 Å². The average molecular weight is 402 g/mol. The molecule has 1 aliphatic rings. The molecule has 23 heavy (non-hydrogen) atoms. The first kappa shape index (κ1) is 18.0. The van der Waals surface area contributed by atoms with Crippen molar-refractivity contribution in [2.45, 2.75) is 24.9 Å². The number of carbonyl (C=O) groups excluding carboxylic acids is 1. The summed E-state index contributed by atoms with van der Waals surface area (Å²) in [6, 6.07) is 2.83. The van der Waals surface area contributed by atoms with E-state index in [0.29, 0.717) is 0 Å². The van der Waals surface area contributed by atoms with Gasteiger partial charge in [0, 0.05) is 25.9 Å². The van der Waals surface area contributed by atoms with E-state index in [4.69, 9.17) is 4.74 Å². The number of benzene rings is 1. The highest BCUT2D eigenvalue weighted by atomic mass is 79.9. The highest BCUT2D eigenvalue weighted by molar-refractivity contribution is 9.10. The third-order valence-corrected chi connectivity index (χ3v) is 4.11. The first-order chi connectivity index (χ1) is 10.6. The highest BCUT2D eigenvalue weighted by Crippen LogP contribution is 2.35. The molecule has 1 fully saturated rings. The second-order valence-electron chi connectivity index (χ2n) is 5.17. The van der Waals surface area contributed by atoms with Crippen molar-refractivity contribution in [1.29, 1.82) is 0 Å². The Labute approximate surface area is 137 Å². The molecule has 0 radical (unpaired) electrons. The molecule has 0 aliphatic carbocycles. The zero-order valence-corrected chi connectivity index (χ0v) is 13.4. The smallest absolute Gasteiger partial charge is 0.416 e. The SMILES string of the molecule is O=C(COc1cc(C(F)(F)F)ccc1Br)N1CCC(F)(F)CC1. The van der Waals surface area contributed by atoms with Crippen molar-refractivity contribution in [2.24, 2.45) is 0 Å². The molecule has 0 bridgehead atoms. The van der Waals surface area contributed by atoms with E-state index in [1.165, 1.54) is 11.0 Å². The van der Waals surface area contributed by atoms with E-state index < -0.39 is 43.0 Å². The summed E-state index contributed by atoms with van der Waals surface area (Å²) in [7, 11) is 0. The molecule has 0 saturated carbocycles. The van der Waals surface area contributed by atoms with E-state index >= 15 is 0 Å². The number of hydrogen-bond acceptors (Lipinski definition) is 2. The third-order valence-electron chi connectivity index (χ3n) is 3.46. The van der Waals surface area contributed by atoms with E-state index in [1.54, 1.807) is 0 Å². The van der Waals surface area contributed by atoms with Gasteiger partial charge in [-0.2, -0.15) is 13.2 Å². The van der Waals surface area contributed by atoms with Gasteiger partial charge < -0.3 is 9.64 Å². The molecule has 1 heterocycles. The van der Waals surface area contributed by atoms with Crippen molar-refractivity contribution in [3.05, 3.63) is 28.2 Å². The molecular formula is C14H13BrF5NO2. The Balaban J connectivity index is 1.97. The van der Waals surface area contributed by atoms with Crippen molar-refractivity contribution in [3.63, 3.8) is 0 Å². The summed E-state index contributed by atoms with van der Waals surface area (Å²) in [6.45, 7) is -0.705. The first-order valence-electron chi connectivity index (χ1n) is 6.74. The number of rotatable bonds is 3. The second-order valence-corrected chi connectivity index (χ2v) is 6.02. The minimum Gasteiger partial charge on any atom is -0.483 e. The predicted molar refractivity (Wildman–Crippen MR) is 75.4 cm³/mol. The minimum absolute atomic E-state index is 0.0983. The predicted octanol–water partition coefficient (Wildman–Crippen LogP) is 4.10. The van der Waals surface area contributed by atoms with Crippen molar-refractivity contribution < 1.29 is 31.5 Å².